The SMILES string of the molecule is CO.CO.Fc1cccc(F)c1F. The summed E-state index contributed by atoms with van der Waals surface area (Å²) in [5, 5.41) is 14.0. The van der Waals surface area contributed by atoms with E-state index in [9.17, 15) is 13.2 Å². The Hall–Kier alpha value is -1.07. The van der Waals surface area contributed by atoms with Gasteiger partial charge in [-0.15, -0.1) is 0 Å². The Kier molecular flexibility index (Phi) is 10.0. The molecule has 0 aliphatic carbocycles. The van der Waals surface area contributed by atoms with Gasteiger partial charge in [-0.1, -0.05) is 6.07 Å². The van der Waals surface area contributed by atoms with Gasteiger partial charge in [0.1, 0.15) is 0 Å². The molecule has 0 aliphatic rings. The molecule has 0 aromatic heterocycles. The van der Waals surface area contributed by atoms with Crippen molar-refractivity contribution in [2.24, 2.45) is 0 Å². The average Bonchev–Trinajstić information content (AvgIpc) is 2.20. The highest BCUT2D eigenvalue weighted by atomic mass is 19.2. The predicted octanol–water partition coefficient (Wildman–Crippen LogP) is 1.32. The van der Waals surface area contributed by atoms with E-state index in [4.69, 9.17) is 10.2 Å². The molecule has 1 aromatic rings. The topological polar surface area (TPSA) is 40.5 Å². The smallest absolute Gasteiger partial charge is 0.194 e. The van der Waals surface area contributed by atoms with Crippen molar-refractivity contribution in [3.8, 4) is 0 Å². The van der Waals surface area contributed by atoms with Crippen LogP contribution in [-0.2, 0) is 0 Å². The Bertz CT molecular complexity index is 208. The molecule has 0 aliphatic heterocycles. The molecule has 5 heteroatoms. The number of aliphatic hydroxyl groups excluding tert-OH is 2. The normalized spacial score (nSPS) is 7.62. The van der Waals surface area contributed by atoms with Gasteiger partial charge in [-0.25, -0.2) is 13.2 Å². The van der Waals surface area contributed by atoms with Crippen molar-refractivity contribution in [3.63, 3.8) is 0 Å². The van der Waals surface area contributed by atoms with E-state index in [0.717, 1.165) is 32.4 Å². The minimum Gasteiger partial charge on any atom is -0.400 e. The van der Waals surface area contributed by atoms with Crippen LogP contribution in [0.15, 0.2) is 18.2 Å². The van der Waals surface area contributed by atoms with E-state index in [-0.39, 0.29) is 0 Å². The van der Waals surface area contributed by atoms with Gasteiger partial charge >= 0.3 is 0 Å². The van der Waals surface area contributed by atoms with E-state index in [1.54, 1.807) is 0 Å². The van der Waals surface area contributed by atoms with E-state index >= 15 is 0 Å². The largest absolute Gasteiger partial charge is 0.400 e. The van der Waals surface area contributed by atoms with Gasteiger partial charge in [0.05, 0.1) is 0 Å². The fraction of sp³-hybridized carbons (Fsp3) is 0.250. The molecule has 13 heavy (non-hydrogen) atoms. The molecule has 0 saturated carbocycles. The van der Waals surface area contributed by atoms with Crippen LogP contribution in [-0.4, -0.2) is 24.4 Å². The maximum Gasteiger partial charge on any atom is 0.194 e. The molecule has 0 radical (unpaired) electrons. The first-order chi connectivity index (χ1) is 6.22. The molecule has 0 saturated heterocycles. The second-order valence-corrected chi connectivity index (χ2v) is 1.54. The van der Waals surface area contributed by atoms with Crippen molar-refractivity contribution in [2.45, 2.75) is 0 Å². The molecule has 0 amide bonds. The van der Waals surface area contributed by atoms with Crippen LogP contribution in [0.5, 0.6) is 0 Å². The molecule has 1 aromatic carbocycles. The van der Waals surface area contributed by atoms with E-state index in [2.05, 4.69) is 0 Å². The van der Waals surface area contributed by atoms with E-state index in [0.29, 0.717) is 0 Å². The fourth-order valence-corrected chi connectivity index (χ4v) is 0.477. The molecule has 2 nitrogen and oxygen atoms in total. The summed E-state index contributed by atoms with van der Waals surface area (Å²) >= 11 is 0. The van der Waals surface area contributed by atoms with Crippen molar-refractivity contribution in [1.29, 1.82) is 0 Å². The summed E-state index contributed by atoms with van der Waals surface area (Å²) in [6.07, 6.45) is 0. The standard InChI is InChI=1S/C6H3F3.2CH4O/c7-4-2-1-3-5(8)6(4)9;2*1-2/h1-3H;2*2H,1H3. The zero-order chi connectivity index (χ0) is 10.9. The lowest BCUT2D eigenvalue weighted by molar-refractivity contribution is 0.399. The summed E-state index contributed by atoms with van der Waals surface area (Å²) in [4.78, 5) is 0. The van der Waals surface area contributed by atoms with Crippen LogP contribution in [0.2, 0.25) is 0 Å². The highest BCUT2D eigenvalue weighted by Crippen LogP contribution is 2.07. The van der Waals surface area contributed by atoms with Gasteiger partial charge in [0, 0.05) is 14.2 Å². The Morgan fingerprint density at radius 2 is 1.15 bits per heavy atom. The van der Waals surface area contributed by atoms with Crippen molar-refractivity contribution in [2.75, 3.05) is 14.2 Å². The van der Waals surface area contributed by atoms with Crippen LogP contribution < -0.4 is 0 Å². The van der Waals surface area contributed by atoms with Gasteiger partial charge in [-0.05, 0) is 12.1 Å². The first-order valence-corrected chi connectivity index (χ1v) is 3.21. The summed E-state index contributed by atoms with van der Waals surface area (Å²) in [7, 11) is 2.00. The summed E-state index contributed by atoms with van der Waals surface area (Å²) in [6.45, 7) is 0. The van der Waals surface area contributed by atoms with Crippen molar-refractivity contribution >= 4 is 0 Å². The summed E-state index contributed by atoms with van der Waals surface area (Å²) in [5.41, 5.74) is 0. The third-order valence-electron chi connectivity index (χ3n) is 0.904. The van der Waals surface area contributed by atoms with Crippen molar-refractivity contribution in [1.82, 2.24) is 0 Å². The van der Waals surface area contributed by atoms with Crippen LogP contribution in [0, 0.1) is 17.5 Å². The number of halogens is 3. The number of aliphatic hydroxyl groups is 2. The number of rotatable bonds is 0. The summed E-state index contributed by atoms with van der Waals surface area (Å²) in [6, 6.07) is 2.82. The predicted molar refractivity (Wildman–Crippen MR) is 42.6 cm³/mol. The maximum atomic E-state index is 12.0. The Morgan fingerprint density at radius 3 is 1.38 bits per heavy atom. The summed E-state index contributed by atoms with van der Waals surface area (Å²) < 4.78 is 35.9. The zero-order valence-electron chi connectivity index (χ0n) is 7.26. The van der Waals surface area contributed by atoms with Gasteiger partial charge in [0.2, 0.25) is 0 Å². The van der Waals surface area contributed by atoms with Gasteiger partial charge in [-0.2, -0.15) is 0 Å². The van der Waals surface area contributed by atoms with Crippen molar-refractivity contribution in [3.05, 3.63) is 35.7 Å². The number of benzene rings is 1. The molecule has 2 N–H and O–H groups in total. The number of hydrogen-bond donors (Lipinski definition) is 2. The van der Waals surface area contributed by atoms with E-state index in [1.807, 2.05) is 0 Å². The Balaban J connectivity index is 0. The first kappa shape index (κ1) is 14.5. The lowest BCUT2D eigenvalue weighted by Gasteiger charge is -1.90. The highest BCUT2D eigenvalue weighted by Gasteiger charge is 2.04. The molecular formula is C8H11F3O2. The second-order valence-electron chi connectivity index (χ2n) is 1.54. The molecule has 0 bridgehead atoms. The Morgan fingerprint density at radius 1 is 0.846 bits per heavy atom. The zero-order valence-corrected chi connectivity index (χ0v) is 7.26. The third kappa shape index (κ3) is 5.21. The third-order valence-corrected chi connectivity index (χ3v) is 0.904. The van der Waals surface area contributed by atoms with Crippen LogP contribution >= 0.6 is 0 Å². The monoisotopic (exact) mass is 196 g/mol. The molecule has 0 spiro atoms. The van der Waals surface area contributed by atoms with Gasteiger partial charge in [-0.3, -0.25) is 0 Å². The van der Waals surface area contributed by atoms with Crippen molar-refractivity contribution < 1.29 is 23.4 Å². The molecule has 0 unspecified atom stereocenters. The molecule has 0 atom stereocenters. The minimum atomic E-state index is -1.42. The Labute approximate surface area is 74.3 Å². The summed E-state index contributed by atoms with van der Waals surface area (Å²) in [5.74, 6) is -3.73. The molecule has 76 valence electrons. The molecule has 0 heterocycles. The van der Waals surface area contributed by atoms with Crippen LogP contribution in [0.3, 0.4) is 0 Å². The average molecular weight is 196 g/mol. The lowest BCUT2D eigenvalue weighted by Crippen LogP contribution is -1.86. The number of hydrogen-bond acceptors (Lipinski definition) is 2. The molecule has 1 rings (SSSR count). The van der Waals surface area contributed by atoms with Crippen LogP contribution in [0.4, 0.5) is 13.2 Å². The van der Waals surface area contributed by atoms with Gasteiger partial charge < -0.3 is 10.2 Å². The lowest BCUT2D eigenvalue weighted by atomic mass is 10.3. The fourth-order valence-electron chi connectivity index (χ4n) is 0.477. The quantitative estimate of drug-likeness (QED) is 0.614. The maximum absolute atomic E-state index is 12.0. The van der Waals surface area contributed by atoms with Gasteiger partial charge in [0.25, 0.3) is 0 Å². The van der Waals surface area contributed by atoms with Crippen LogP contribution in [0.25, 0.3) is 0 Å². The molecule has 0 fully saturated rings. The first-order valence-electron chi connectivity index (χ1n) is 3.21. The second kappa shape index (κ2) is 9.02. The van der Waals surface area contributed by atoms with Gasteiger partial charge in [0.15, 0.2) is 17.5 Å². The highest BCUT2D eigenvalue weighted by molar-refractivity contribution is 5.07. The minimum absolute atomic E-state index is 0.860. The van der Waals surface area contributed by atoms with Crippen LogP contribution in [0.1, 0.15) is 0 Å². The van der Waals surface area contributed by atoms with E-state index in [1.165, 1.54) is 0 Å². The van der Waals surface area contributed by atoms with E-state index < -0.39 is 17.5 Å². The molecular weight excluding hydrogens is 185 g/mol.